The number of carbonyl (C=O) groups excluding carboxylic acids is 1. The Kier molecular flexibility index (Phi) is 5.12. The molecule has 3 aromatic heterocycles. The predicted octanol–water partition coefficient (Wildman–Crippen LogP) is 2.04. The normalized spacial score (nSPS) is 13.0. The molecule has 4 aromatic rings. The summed E-state index contributed by atoms with van der Waals surface area (Å²) in [5.74, 6) is -0.358. The molecule has 0 aliphatic carbocycles. The molecular formula is C24H18N6O3. The minimum Gasteiger partial charge on any atom is -0.298 e. The Balaban J connectivity index is 1.39. The van der Waals surface area contributed by atoms with E-state index in [9.17, 15) is 14.4 Å². The van der Waals surface area contributed by atoms with E-state index in [0.717, 1.165) is 11.3 Å². The summed E-state index contributed by atoms with van der Waals surface area (Å²) in [5, 5.41) is 1.72. The molecular weight excluding hydrogens is 420 g/mol. The van der Waals surface area contributed by atoms with Gasteiger partial charge in [0.1, 0.15) is 5.69 Å². The average molecular weight is 438 g/mol. The van der Waals surface area contributed by atoms with Gasteiger partial charge < -0.3 is 0 Å². The van der Waals surface area contributed by atoms with Crippen LogP contribution in [0, 0.1) is 0 Å². The third-order valence-electron chi connectivity index (χ3n) is 5.19. The molecule has 0 bridgehead atoms. The zero-order chi connectivity index (χ0) is 22.8. The van der Waals surface area contributed by atoms with Gasteiger partial charge in [0, 0.05) is 24.2 Å². The van der Waals surface area contributed by atoms with Crippen molar-refractivity contribution in [2.75, 3.05) is 0 Å². The van der Waals surface area contributed by atoms with Crippen molar-refractivity contribution in [1.82, 2.24) is 30.0 Å². The molecule has 1 amide bonds. The lowest BCUT2D eigenvalue weighted by atomic mass is 10.1. The Morgan fingerprint density at radius 1 is 0.970 bits per heavy atom. The molecule has 0 unspecified atom stereocenters. The second kappa shape index (κ2) is 8.39. The van der Waals surface area contributed by atoms with Gasteiger partial charge in [0.2, 0.25) is 0 Å². The van der Waals surface area contributed by atoms with Gasteiger partial charge in [-0.1, -0.05) is 24.3 Å². The van der Waals surface area contributed by atoms with Crippen molar-refractivity contribution < 1.29 is 4.79 Å². The number of fused-ring (bicyclic) bond motifs is 1. The van der Waals surface area contributed by atoms with Gasteiger partial charge in [-0.2, -0.15) is 0 Å². The zero-order valence-corrected chi connectivity index (χ0v) is 17.3. The van der Waals surface area contributed by atoms with Crippen LogP contribution in [0.15, 0.2) is 94.9 Å². The lowest BCUT2D eigenvalue weighted by molar-refractivity contribution is 0.0774. The third kappa shape index (κ3) is 3.94. The largest absolute Gasteiger partial charge is 0.329 e. The minimum absolute atomic E-state index is 0.101. The first-order valence-corrected chi connectivity index (χ1v) is 10.2. The maximum Gasteiger partial charge on any atom is 0.329 e. The molecule has 4 heterocycles. The van der Waals surface area contributed by atoms with Crippen molar-refractivity contribution in [2.24, 2.45) is 0 Å². The van der Waals surface area contributed by atoms with Crippen molar-refractivity contribution in [3.63, 3.8) is 0 Å². The number of H-pyrrole nitrogens is 1. The molecule has 0 fully saturated rings. The molecule has 5 rings (SSSR count). The van der Waals surface area contributed by atoms with Crippen LogP contribution in [0.5, 0.6) is 0 Å². The van der Waals surface area contributed by atoms with E-state index in [2.05, 4.69) is 20.4 Å². The number of allylic oxidation sites excluding steroid dienone is 2. The number of benzene rings is 1. The van der Waals surface area contributed by atoms with Crippen molar-refractivity contribution in [3.05, 3.63) is 123 Å². The number of hydrogen-bond donors (Lipinski definition) is 2. The number of aromatic amines is 1. The molecule has 33 heavy (non-hydrogen) atoms. The van der Waals surface area contributed by atoms with Gasteiger partial charge in [-0.3, -0.25) is 29.5 Å². The molecule has 9 heteroatoms. The number of amides is 1. The quantitative estimate of drug-likeness (QED) is 0.504. The van der Waals surface area contributed by atoms with E-state index in [1.807, 2.05) is 18.2 Å². The van der Waals surface area contributed by atoms with Crippen molar-refractivity contribution in [2.45, 2.75) is 6.54 Å². The first-order chi connectivity index (χ1) is 16.1. The van der Waals surface area contributed by atoms with E-state index in [0.29, 0.717) is 16.6 Å². The Bertz CT molecular complexity index is 1540. The Labute approximate surface area is 187 Å². The van der Waals surface area contributed by atoms with E-state index < -0.39 is 11.2 Å². The summed E-state index contributed by atoms with van der Waals surface area (Å²) in [6.07, 6.45) is 6.79. The number of nitrogens with one attached hydrogen (secondary N) is 2. The number of hydrazine groups is 1. The van der Waals surface area contributed by atoms with Crippen LogP contribution in [0.1, 0.15) is 21.9 Å². The zero-order valence-electron chi connectivity index (χ0n) is 17.3. The van der Waals surface area contributed by atoms with Crippen LogP contribution in [-0.2, 0) is 6.54 Å². The summed E-state index contributed by atoms with van der Waals surface area (Å²) in [7, 11) is 0. The van der Waals surface area contributed by atoms with Gasteiger partial charge in [0.05, 0.1) is 28.8 Å². The van der Waals surface area contributed by atoms with Gasteiger partial charge >= 0.3 is 5.69 Å². The molecule has 162 valence electrons. The highest BCUT2D eigenvalue weighted by Gasteiger charge is 2.18. The number of pyridine rings is 2. The van der Waals surface area contributed by atoms with E-state index in [-0.39, 0.29) is 18.1 Å². The Hall–Kier alpha value is -4.79. The predicted molar refractivity (Wildman–Crippen MR) is 123 cm³/mol. The summed E-state index contributed by atoms with van der Waals surface area (Å²) in [6, 6.07) is 17.5. The molecule has 2 N–H and O–H groups in total. The van der Waals surface area contributed by atoms with Gasteiger partial charge in [-0.15, -0.1) is 0 Å². The number of aromatic nitrogens is 4. The van der Waals surface area contributed by atoms with Gasteiger partial charge in [0.25, 0.3) is 11.5 Å². The van der Waals surface area contributed by atoms with Crippen LogP contribution >= 0.6 is 0 Å². The number of nitrogens with zero attached hydrogens (tertiary/aromatic N) is 4. The van der Waals surface area contributed by atoms with E-state index in [1.165, 1.54) is 9.58 Å². The van der Waals surface area contributed by atoms with Crippen LogP contribution in [0.2, 0.25) is 0 Å². The highest BCUT2D eigenvalue weighted by atomic mass is 16.2. The number of rotatable bonds is 4. The fraction of sp³-hybridized carbons (Fsp3) is 0.0417. The average Bonchev–Trinajstić information content (AvgIpc) is 2.87. The Morgan fingerprint density at radius 2 is 1.82 bits per heavy atom. The summed E-state index contributed by atoms with van der Waals surface area (Å²) < 4.78 is 1.42. The fourth-order valence-electron chi connectivity index (χ4n) is 3.58. The number of hydrogen-bond acceptors (Lipinski definition) is 6. The number of carbonyl (C=O) groups is 1. The van der Waals surface area contributed by atoms with Crippen molar-refractivity contribution >= 4 is 22.4 Å². The Morgan fingerprint density at radius 3 is 2.61 bits per heavy atom. The summed E-state index contributed by atoms with van der Waals surface area (Å²) in [5.41, 5.74) is 4.79. The molecule has 1 aliphatic heterocycles. The maximum atomic E-state index is 13.0. The molecule has 0 saturated carbocycles. The maximum absolute atomic E-state index is 13.0. The summed E-state index contributed by atoms with van der Waals surface area (Å²) >= 11 is 0. The summed E-state index contributed by atoms with van der Waals surface area (Å²) in [6.45, 7) is 0.101. The standard InChI is InChI=1S/C24H18N6O3/c31-22-18-7-1-2-10-21(18)29(24(33)28-22)15-17-6-5-9-20(27-17)23(32)30-13-11-16(14-26-30)19-8-3-4-12-25-19/h1-14,26H,15H2,(H,28,31,33). The highest BCUT2D eigenvalue weighted by molar-refractivity contribution is 5.93. The molecule has 1 aromatic carbocycles. The molecule has 1 aliphatic rings. The molecule has 0 atom stereocenters. The lowest BCUT2D eigenvalue weighted by Gasteiger charge is -2.22. The third-order valence-corrected chi connectivity index (χ3v) is 5.19. The first-order valence-electron chi connectivity index (χ1n) is 10.2. The topological polar surface area (TPSA) is 113 Å². The van der Waals surface area contributed by atoms with Crippen molar-refractivity contribution in [1.29, 1.82) is 0 Å². The molecule has 0 spiro atoms. The van der Waals surface area contributed by atoms with Crippen LogP contribution in [0.25, 0.3) is 16.5 Å². The van der Waals surface area contributed by atoms with Crippen LogP contribution < -0.4 is 16.7 Å². The van der Waals surface area contributed by atoms with E-state index in [1.54, 1.807) is 67.1 Å². The molecule has 0 radical (unpaired) electrons. The monoisotopic (exact) mass is 438 g/mol. The van der Waals surface area contributed by atoms with Gasteiger partial charge in [-0.25, -0.2) is 14.8 Å². The molecule has 9 nitrogen and oxygen atoms in total. The van der Waals surface area contributed by atoms with Crippen LogP contribution in [0.3, 0.4) is 0 Å². The number of para-hydroxylation sites is 1. The van der Waals surface area contributed by atoms with Crippen molar-refractivity contribution in [3.8, 4) is 0 Å². The second-order valence-electron chi connectivity index (χ2n) is 7.31. The van der Waals surface area contributed by atoms with E-state index >= 15 is 0 Å². The fourth-order valence-corrected chi connectivity index (χ4v) is 3.58. The van der Waals surface area contributed by atoms with Gasteiger partial charge in [0.15, 0.2) is 0 Å². The highest BCUT2D eigenvalue weighted by Crippen LogP contribution is 2.16. The SMILES string of the molecule is O=C(c1cccc(Cn2c(=O)[nH]c(=O)c3ccccc32)n1)N1C=CC(c2ccccn2)=CN1. The first kappa shape index (κ1) is 20.1. The van der Waals surface area contributed by atoms with E-state index in [4.69, 9.17) is 0 Å². The lowest BCUT2D eigenvalue weighted by Crippen LogP contribution is -2.37. The van der Waals surface area contributed by atoms with Gasteiger partial charge in [-0.05, 0) is 42.5 Å². The second-order valence-corrected chi connectivity index (χ2v) is 7.31. The summed E-state index contributed by atoms with van der Waals surface area (Å²) in [4.78, 5) is 48.5. The van der Waals surface area contributed by atoms with Crippen LogP contribution in [0.4, 0.5) is 0 Å². The minimum atomic E-state index is -0.537. The molecule has 0 saturated heterocycles. The smallest absolute Gasteiger partial charge is 0.298 e. The van der Waals surface area contributed by atoms with Crippen LogP contribution in [-0.4, -0.2) is 30.4 Å².